The minimum atomic E-state index is -4.50. The predicted octanol–water partition coefficient (Wildman–Crippen LogP) is 3.97. The number of hydrogen-bond acceptors (Lipinski definition) is 5. The van der Waals surface area contributed by atoms with Gasteiger partial charge in [-0.15, -0.1) is 0 Å². The molecule has 0 spiro atoms. The number of ether oxygens (including phenoxy) is 1. The molecule has 0 radical (unpaired) electrons. The van der Waals surface area contributed by atoms with E-state index in [9.17, 15) is 18.0 Å². The largest absolute Gasteiger partial charge is 0.477 e. The Bertz CT molecular complexity index is 1050. The number of amides is 1. The third kappa shape index (κ3) is 4.50. The van der Waals surface area contributed by atoms with Crippen molar-refractivity contribution in [2.45, 2.75) is 19.0 Å². The van der Waals surface area contributed by atoms with E-state index in [4.69, 9.17) is 4.74 Å². The highest BCUT2D eigenvalue weighted by Gasteiger charge is 2.32. The molecular formula is C21H19F3N4O2. The first kappa shape index (κ1) is 20.1. The molecule has 2 aromatic heterocycles. The summed E-state index contributed by atoms with van der Waals surface area (Å²) in [6, 6.07) is 8.86. The third-order valence-electron chi connectivity index (χ3n) is 5.10. The quantitative estimate of drug-likeness (QED) is 0.644. The molecule has 0 N–H and O–H groups in total. The van der Waals surface area contributed by atoms with Crippen LogP contribution >= 0.6 is 0 Å². The molecule has 0 bridgehead atoms. The van der Waals surface area contributed by atoms with E-state index >= 15 is 0 Å². The number of nitrogens with zero attached hydrogens (tertiary/aromatic N) is 4. The average Bonchev–Trinajstić information content (AvgIpc) is 2.77. The van der Waals surface area contributed by atoms with Gasteiger partial charge in [0.15, 0.2) is 0 Å². The highest BCUT2D eigenvalue weighted by Crippen LogP contribution is 2.29. The Kier molecular flexibility index (Phi) is 5.52. The molecule has 1 fully saturated rings. The lowest BCUT2D eigenvalue weighted by Gasteiger charge is -2.32. The van der Waals surface area contributed by atoms with E-state index in [1.165, 1.54) is 12.1 Å². The van der Waals surface area contributed by atoms with Crippen LogP contribution in [-0.4, -0.2) is 45.5 Å². The van der Waals surface area contributed by atoms with Gasteiger partial charge in [0.2, 0.25) is 5.88 Å². The van der Waals surface area contributed by atoms with Crippen molar-refractivity contribution in [2.75, 3.05) is 19.7 Å². The molecule has 6 nitrogen and oxygen atoms in total. The van der Waals surface area contributed by atoms with Crippen LogP contribution in [0, 0.1) is 5.92 Å². The van der Waals surface area contributed by atoms with E-state index in [0.717, 1.165) is 11.6 Å². The summed E-state index contributed by atoms with van der Waals surface area (Å²) in [5.41, 5.74) is 0.986. The van der Waals surface area contributed by atoms with Gasteiger partial charge in [0, 0.05) is 37.1 Å². The number of hydrogen-bond donors (Lipinski definition) is 0. The van der Waals surface area contributed by atoms with Crippen LogP contribution in [0.15, 0.2) is 48.8 Å². The number of alkyl halides is 3. The molecule has 0 aliphatic carbocycles. The van der Waals surface area contributed by atoms with Crippen molar-refractivity contribution >= 4 is 16.9 Å². The summed E-state index contributed by atoms with van der Waals surface area (Å²) in [5, 5.41) is 0. The van der Waals surface area contributed by atoms with Crippen molar-refractivity contribution in [1.29, 1.82) is 0 Å². The zero-order valence-corrected chi connectivity index (χ0v) is 16.0. The molecule has 1 amide bonds. The Morgan fingerprint density at radius 2 is 1.80 bits per heavy atom. The molecule has 4 rings (SSSR count). The van der Waals surface area contributed by atoms with Gasteiger partial charge in [-0.25, -0.2) is 4.98 Å². The number of aromatic nitrogens is 3. The Hall–Kier alpha value is -3.23. The molecule has 9 heteroatoms. The lowest BCUT2D eigenvalue weighted by molar-refractivity contribution is -0.141. The van der Waals surface area contributed by atoms with Gasteiger partial charge in [0.05, 0.1) is 17.6 Å². The van der Waals surface area contributed by atoms with E-state index in [-0.39, 0.29) is 24.3 Å². The number of carbonyl (C=O) groups excluding carboxylic acids is 1. The number of carbonyl (C=O) groups is 1. The minimum Gasteiger partial charge on any atom is -0.477 e. The van der Waals surface area contributed by atoms with Crippen LogP contribution in [0.4, 0.5) is 13.2 Å². The van der Waals surface area contributed by atoms with Gasteiger partial charge < -0.3 is 9.64 Å². The van der Waals surface area contributed by atoms with Gasteiger partial charge in [-0.1, -0.05) is 6.07 Å². The lowest BCUT2D eigenvalue weighted by Crippen LogP contribution is -2.39. The Morgan fingerprint density at radius 1 is 1.07 bits per heavy atom. The van der Waals surface area contributed by atoms with Crippen molar-refractivity contribution in [3.63, 3.8) is 0 Å². The molecule has 1 aliphatic heterocycles. The van der Waals surface area contributed by atoms with Gasteiger partial charge in [-0.05, 0) is 43.0 Å². The van der Waals surface area contributed by atoms with Gasteiger partial charge in [-0.3, -0.25) is 14.8 Å². The van der Waals surface area contributed by atoms with Crippen molar-refractivity contribution in [3.05, 3.63) is 60.0 Å². The predicted molar refractivity (Wildman–Crippen MR) is 103 cm³/mol. The zero-order valence-electron chi connectivity index (χ0n) is 16.0. The van der Waals surface area contributed by atoms with Crippen LogP contribution in [0.25, 0.3) is 11.0 Å². The third-order valence-corrected chi connectivity index (χ3v) is 5.10. The fourth-order valence-corrected chi connectivity index (χ4v) is 3.44. The van der Waals surface area contributed by atoms with Crippen molar-refractivity contribution in [3.8, 4) is 5.88 Å². The van der Waals surface area contributed by atoms with Crippen molar-refractivity contribution in [1.82, 2.24) is 19.9 Å². The van der Waals surface area contributed by atoms with E-state index < -0.39 is 11.9 Å². The maximum absolute atomic E-state index is 12.8. The molecule has 156 valence electrons. The maximum Gasteiger partial charge on any atom is 0.433 e. The number of rotatable bonds is 4. The Balaban J connectivity index is 1.32. The fourth-order valence-electron chi connectivity index (χ4n) is 3.44. The van der Waals surface area contributed by atoms with E-state index in [1.54, 1.807) is 35.5 Å². The van der Waals surface area contributed by atoms with Crippen LogP contribution in [0.3, 0.4) is 0 Å². The first-order chi connectivity index (χ1) is 14.4. The molecule has 30 heavy (non-hydrogen) atoms. The van der Waals surface area contributed by atoms with E-state index in [2.05, 4.69) is 15.0 Å². The first-order valence-corrected chi connectivity index (χ1v) is 9.57. The van der Waals surface area contributed by atoms with Gasteiger partial charge in [0.25, 0.3) is 5.91 Å². The average molecular weight is 416 g/mol. The molecule has 1 aliphatic rings. The highest BCUT2D eigenvalue weighted by atomic mass is 19.4. The molecule has 0 unspecified atom stereocenters. The van der Waals surface area contributed by atoms with Crippen LogP contribution < -0.4 is 4.74 Å². The van der Waals surface area contributed by atoms with E-state index in [0.29, 0.717) is 37.0 Å². The van der Waals surface area contributed by atoms with Crippen molar-refractivity contribution < 1.29 is 22.7 Å². The molecular weight excluding hydrogens is 397 g/mol. The summed E-state index contributed by atoms with van der Waals surface area (Å²) in [5.74, 6) is 0.0370. The highest BCUT2D eigenvalue weighted by molar-refractivity contribution is 5.97. The number of likely N-dealkylation sites (tertiary alicyclic amines) is 1. The maximum atomic E-state index is 12.8. The molecule has 3 heterocycles. The second-order valence-electron chi connectivity index (χ2n) is 7.17. The molecule has 0 saturated carbocycles. The minimum absolute atomic E-state index is 0.0411. The number of fused-ring (bicyclic) bond motifs is 1. The van der Waals surface area contributed by atoms with Crippen LogP contribution in [0.1, 0.15) is 28.9 Å². The lowest BCUT2D eigenvalue weighted by atomic mass is 9.97. The van der Waals surface area contributed by atoms with Crippen molar-refractivity contribution in [2.24, 2.45) is 5.92 Å². The van der Waals surface area contributed by atoms with E-state index in [1.807, 2.05) is 0 Å². The van der Waals surface area contributed by atoms with Crippen LogP contribution in [0.5, 0.6) is 5.88 Å². The summed E-state index contributed by atoms with van der Waals surface area (Å²) in [7, 11) is 0. The summed E-state index contributed by atoms with van der Waals surface area (Å²) in [6.45, 7) is 1.38. The standard InChI is InChI=1S/C21H19F3N4O2/c22-21(23,24)18-2-1-3-19(27-18)30-13-14-6-10-28(11-7-14)20(29)15-4-5-16-17(12-15)26-9-8-25-16/h1-5,8-9,12,14H,6-7,10-11,13H2. The fraction of sp³-hybridized carbons (Fsp3) is 0.333. The monoisotopic (exact) mass is 416 g/mol. The smallest absolute Gasteiger partial charge is 0.433 e. The summed E-state index contributed by atoms with van der Waals surface area (Å²) in [4.78, 5) is 26.5. The number of pyridine rings is 1. The number of benzene rings is 1. The topological polar surface area (TPSA) is 68.2 Å². The number of halogens is 3. The van der Waals surface area contributed by atoms with Gasteiger partial charge in [0.1, 0.15) is 5.69 Å². The number of piperidine rings is 1. The molecule has 1 saturated heterocycles. The molecule has 3 aromatic rings. The Labute approximate surface area is 170 Å². The normalized spacial score (nSPS) is 15.4. The van der Waals surface area contributed by atoms with Gasteiger partial charge >= 0.3 is 6.18 Å². The molecule has 1 aromatic carbocycles. The van der Waals surface area contributed by atoms with Crippen LogP contribution in [-0.2, 0) is 6.18 Å². The molecule has 0 atom stereocenters. The first-order valence-electron chi connectivity index (χ1n) is 9.57. The zero-order chi connectivity index (χ0) is 21.1. The SMILES string of the molecule is O=C(c1ccc2nccnc2c1)N1CCC(COc2cccc(C(F)(F)F)n2)CC1. The second kappa shape index (κ2) is 8.25. The Morgan fingerprint density at radius 3 is 2.53 bits per heavy atom. The summed E-state index contributed by atoms with van der Waals surface area (Å²) < 4.78 is 43.7. The summed E-state index contributed by atoms with van der Waals surface area (Å²) in [6.07, 6.45) is 0.0997. The van der Waals surface area contributed by atoms with Crippen LogP contribution in [0.2, 0.25) is 0 Å². The van der Waals surface area contributed by atoms with Gasteiger partial charge in [-0.2, -0.15) is 13.2 Å². The second-order valence-corrected chi connectivity index (χ2v) is 7.17. The summed E-state index contributed by atoms with van der Waals surface area (Å²) >= 11 is 0.